The van der Waals surface area contributed by atoms with Crippen molar-refractivity contribution in [2.75, 3.05) is 4.72 Å². The number of anilines is 1. The number of thiazole rings is 1. The van der Waals surface area contributed by atoms with E-state index in [2.05, 4.69) is 14.7 Å². The second kappa shape index (κ2) is 6.92. The van der Waals surface area contributed by atoms with Crippen molar-refractivity contribution >= 4 is 37.4 Å². The van der Waals surface area contributed by atoms with Crippen molar-refractivity contribution in [2.45, 2.75) is 11.8 Å². The molecule has 0 spiro atoms. The van der Waals surface area contributed by atoms with Gasteiger partial charge in [-0.05, 0) is 42.8 Å². The van der Waals surface area contributed by atoms with Gasteiger partial charge in [0.1, 0.15) is 31.9 Å². The van der Waals surface area contributed by atoms with Crippen LogP contribution in [0.2, 0.25) is 0 Å². The van der Waals surface area contributed by atoms with Gasteiger partial charge in [0.2, 0.25) is 0 Å². The van der Waals surface area contributed by atoms with Gasteiger partial charge in [-0.15, -0.1) is 0 Å². The van der Waals surface area contributed by atoms with Gasteiger partial charge in [-0.3, -0.25) is 4.72 Å². The summed E-state index contributed by atoms with van der Waals surface area (Å²) >= 11 is 1.39. The van der Waals surface area contributed by atoms with E-state index in [4.69, 9.17) is 0 Å². The van der Waals surface area contributed by atoms with Crippen LogP contribution in [-0.2, 0) is 10.0 Å². The molecular weight excluding hydrogens is 404 g/mol. The Kier molecular flexibility index (Phi) is 4.56. The molecular formula is C19H13F2N3O2S2. The maximum Gasteiger partial charge on any atom is 0.264 e. The van der Waals surface area contributed by atoms with E-state index in [0.717, 1.165) is 28.0 Å². The van der Waals surface area contributed by atoms with Gasteiger partial charge < -0.3 is 0 Å². The van der Waals surface area contributed by atoms with Crippen molar-refractivity contribution in [1.29, 1.82) is 0 Å². The van der Waals surface area contributed by atoms with E-state index in [1.54, 1.807) is 31.3 Å². The lowest BCUT2D eigenvalue weighted by atomic mass is 10.1. The topological polar surface area (TPSA) is 72.0 Å². The summed E-state index contributed by atoms with van der Waals surface area (Å²) in [6.45, 7) is 1.74. The maximum absolute atomic E-state index is 13.9. The summed E-state index contributed by atoms with van der Waals surface area (Å²) in [5, 5.41) is 0.695. The van der Waals surface area contributed by atoms with Crippen LogP contribution in [-0.4, -0.2) is 18.4 Å². The molecule has 1 N–H and O–H groups in total. The average Bonchev–Trinajstić information content (AvgIpc) is 3.07. The first-order valence-corrected chi connectivity index (χ1v) is 10.4. The summed E-state index contributed by atoms with van der Waals surface area (Å²) in [5.41, 5.74) is 2.41. The molecule has 0 aliphatic heterocycles. The molecule has 0 unspecified atom stereocenters. The van der Waals surface area contributed by atoms with Crippen LogP contribution in [0.1, 0.15) is 5.56 Å². The summed E-state index contributed by atoms with van der Waals surface area (Å²) < 4.78 is 54.6. The largest absolute Gasteiger partial charge is 0.279 e. The van der Waals surface area contributed by atoms with Crippen LogP contribution < -0.4 is 4.72 Å². The monoisotopic (exact) mass is 417 g/mol. The van der Waals surface area contributed by atoms with Gasteiger partial charge in [-0.25, -0.2) is 27.2 Å². The molecule has 9 heteroatoms. The fourth-order valence-corrected chi connectivity index (χ4v) is 4.93. The van der Waals surface area contributed by atoms with E-state index < -0.39 is 26.6 Å². The van der Waals surface area contributed by atoms with Gasteiger partial charge in [0.05, 0.1) is 5.69 Å². The van der Waals surface area contributed by atoms with Crippen LogP contribution in [0.3, 0.4) is 0 Å². The predicted molar refractivity (Wildman–Crippen MR) is 105 cm³/mol. The third-order valence-electron chi connectivity index (χ3n) is 4.16. The Bertz CT molecular complexity index is 1270. The molecule has 4 aromatic rings. The Morgan fingerprint density at radius 2 is 1.89 bits per heavy atom. The van der Waals surface area contributed by atoms with Crippen molar-refractivity contribution in [1.82, 2.24) is 9.97 Å². The number of benzene rings is 2. The lowest BCUT2D eigenvalue weighted by Crippen LogP contribution is -2.15. The Morgan fingerprint density at radius 1 is 1.07 bits per heavy atom. The third kappa shape index (κ3) is 3.34. The highest BCUT2D eigenvalue weighted by atomic mass is 32.2. The van der Waals surface area contributed by atoms with Crippen molar-refractivity contribution < 1.29 is 17.2 Å². The number of pyridine rings is 1. The minimum atomic E-state index is -4.23. The molecule has 2 aromatic heterocycles. The van der Waals surface area contributed by atoms with E-state index in [9.17, 15) is 17.2 Å². The number of aromatic nitrogens is 2. The van der Waals surface area contributed by atoms with E-state index in [1.807, 2.05) is 12.1 Å². The first-order valence-electron chi connectivity index (χ1n) is 8.14. The standard InChI is InChI=1S/C19H13F2N3O2S2/c1-11-13(18-23-16-6-3-9-22-19(16)27-18)4-2-5-15(11)24-28(25,26)17-8-7-12(20)10-14(17)21/h2-10,24H,1H3. The molecule has 0 saturated heterocycles. The van der Waals surface area contributed by atoms with Crippen molar-refractivity contribution in [3.63, 3.8) is 0 Å². The molecule has 0 aliphatic carbocycles. The van der Waals surface area contributed by atoms with E-state index in [1.165, 1.54) is 11.3 Å². The third-order valence-corrected chi connectivity index (χ3v) is 6.57. The van der Waals surface area contributed by atoms with Crippen LogP contribution in [0, 0.1) is 18.6 Å². The average molecular weight is 417 g/mol. The maximum atomic E-state index is 13.9. The molecule has 0 fully saturated rings. The number of hydrogen-bond acceptors (Lipinski definition) is 5. The first-order chi connectivity index (χ1) is 13.3. The number of sulfonamides is 1. The van der Waals surface area contributed by atoms with Crippen LogP contribution in [0.4, 0.5) is 14.5 Å². The van der Waals surface area contributed by atoms with Crippen LogP contribution >= 0.6 is 11.3 Å². The van der Waals surface area contributed by atoms with Crippen molar-refractivity contribution in [3.8, 4) is 10.6 Å². The summed E-state index contributed by atoms with van der Waals surface area (Å²) in [5.74, 6) is -2.00. The van der Waals surface area contributed by atoms with Gasteiger partial charge in [-0.2, -0.15) is 0 Å². The van der Waals surface area contributed by atoms with E-state index in [0.29, 0.717) is 16.6 Å². The predicted octanol–water partition coefficient (Wildman–Crippen LogP) is 4.75. The number of nitrogens with zero attached hydrogens (tertiary/aromatic N) is 2. The molecule has 28 heavy (non-hydrogen) atoms. The van der Waals surface area contributed by atoms with Gasteiger partial charge >= 0.3 is 0 Å². The second-order valence-electron chi connectivity index (χ2n) is 6.01. The molecule has 0 aliphatic rings. The lowest BCUT2D eigenvalue weighted by Gasteiger charge is -2.13. The molecule has 2 aromatic carbocycles. The van der Waals surface area contributed by atoms with Gasteiger partial charge in [0, 0.05) is 17.8 Å². The van der Waals surface area contributed by atoms with E-state index in [-0.39, 0.29) is 5.69 Å². The fourth-order valence-electron chi connectivity index (χ4n) is 2.76. The van der Waals surface area contributed by atoms with Crippen LogP contribution in [0.15, 0.2) is 59.6 Å². The van der Waals surface area contributed by atoms with E-state index >= 15 is 0 Å². The molecule has 5 nitrogen and oxygen atoms in total. The molecule has 0 radical (unpaired) electrons. The summed E-state index contributed by atoms with van der Waals surface area (Å²) in [4.78, 5) is 8.96. The highest BCUT2D eigenvalue weighted by Gasteiger charge is 2.21. The lowest BCUT2D eigenvalue weighted by molar-refractivity contribution is 0.551. The Hall–Kier alpha value is -2.91. The van der Waals surface area contributed by atoms with Gasteiger partial charge in [0.25, 0.3) is 10.0 Å². The van der Waals surface area contributed by atoms with Crippen molar-refractivity contribution in [3.05, 3.63) is 71.9 Å². The minimum absolute atomic E-state index is 0.286. The van der Waals surface area contributed by atoms with Crippen LogP contribution in [0.25, 0.3) is 20.9 Å². The Labute approximate surface area is 163 Å². The quantitative estimate of drug-likeness (QED) is 0.520. The molecule has 0 atom stereocenters. The smallest absolute Gasteiger partial charge is 0.264 e. The number of nitrogens with one attached hydrogen (secondary N) is 1. The molecule has 4 rings (SSSR count). The highest BCUT2D eigenvalue weighted by molar-refractivity contribution is 7.92. The minimum Gasteiger partial charge on any atom is -0.279 e. The Morgan fingerprint density at radius 3 is 2.64 bits per heavy atom. The SMILES string of the molecule is Cc1c(NS(=O)(=O)c2ccc(F)cc2F)cccc1-c1nc2cccnc2s1. The normalized spacial score (nSPS) is 11.7. The molecule has 142 valence electrons. The zero-order valence-corrected chi connectivity index (χ0v) is 16.1. The Balaban J connectivity index is 1.74. The fraction of sp³-hybridized carbons (Fsp3) is 0.0526. The number of halogens is 2. The van der Waals surface area contributed by atoms with Crippen LogP contribution in [0.5, 0.6) is 0 Å². The second-order valence-corrected chi connectivity index (χ2v) is 8.63. The summed E-state index contributed by atoms with van der Waals surface area (Å²) in [6.07, 6.45) is 1.68. The van der Waals surface area contributed by atoms with Gasteiger partial charge in [-0.1, -0.05) is 23.5 Å². The molecule has 0 saturated carbocycles. The zero-order chi connectivity index (χ0) is 19.9. The van der Waals surface area contributed by atoms with Crippen molar-refractivity contribution in [2.24, 2.45) is 0 Å². The molecule has 0 amide bonds. The molecule has 2 heterocycles. The molecule has 0 bridgehead atoms. The first kappa shape index (κ1) is 18.5. The number of rotatable bonds is 4. The van der Waals surface area contributed by atoms with Gasteiger partial charge in [0.15, 0.2) is 0 Å². The zero-order valence-electron chi connectivity index (χ0n) is 14.5. The summed E-state index contributed by atoms with van der Waals surface area (Å²) in [7, 11) is -4.23. The number of hydrogen-bond donors (Lipinski definition) is 1. The summed E-state index contributed by atoms with van der Waals surface area (Å²) in [6, 6.07) is 11.0. The highest BCUT2D eigenvalue weighted by Crippen LogP contribution is 2.34. The number of fused-ring (bicyclic) bond motifs is 1.